The second-order valence-corrected chi connectivity index (χ2v) is 5.87. The van der Waals surface area contributed by atoms with Crippen LogP contribution in [-0.4, -0.2) is 67.1 Å². The van der Waals surface area contributed by atoms with Crippen LogP contribution in [0.15, 0.2) is 24.3 Å². The lowest BCUT2D eigenvalue weighted by atomic mass is 10.1. The van der Waals surface area contributed by atoms with Crippen molar-refractivity contribution in [1.29, 1.82) is 0 Å². The highest BCUT2D eigenvalue weighted by Gasteiger charge is 2.22. The summed E-state index contributed by atoms with van der Waals surface area (Å²) in [5.41, 5.74) is 0.986. The molecule has 5 nitrogen and oxygen atoms in total. The Labute approximate surface area is 126 Å². The van der Waals surface area contributed by atoms with E-state index >= 15 is 0 Å². The number of benzene rings is 1. The van der Waals surface area contributed by atoms with Crippen molar-refractivity contribution >= 4 is 5.91 Å². The number of phenols is 1. The molecule has 0 unspecified atom stereocenters. The number of carbonyl (C=O) groups is 1. The molecule has 2 N–H and O–H groups in total. The van der Waals surface area contributed by atoms with Crippen LogP contribution < -0.4 is 5.32 Å². The van der Waals surface area contributed by atoms with E-state index in [0.29, 0.717) is 25.4 Å². The van der Waals surface area contributed by atoms with Crippen molar-refractivity contribution in [3.05, 3.63) is 29.8 Å². The summed E-state index contributed by atoms with van der Waals surface area (Å²) in [6.45, 7) is 3.81. The molecule has 1 aliphatic rings. The van der Waals surface area contributed by atoms with Gasteiger partial charge in [0, 0.05) is 38.6 Å². The van der Waals surface area contributed by atoms with Gasteiger partial charge in [-0.3, -0.25) is 9.69 Å². The minimum atomic E-state index is 0.0694. The zero-order chi connectivity index (χ0) is 15.2. The number of aromatic hydroxyl groups is 1. The highest BCUT2D eigenvalue weighted by molar-refractivity contribution is 5.76. The van der Waals surface area contributed by atoms with Crippen LogP contribution in [0.4, 0.5) is 0 Å². The van der Waals surface area contributed by atoms with Crippen molar-refractivity contribution in [2.75, 3.05) is 40.3 Å². The van der Waals surface area contributed by atoms with Gasteiger partial charge in [0.15, 0.2) is 0 Å². The average molecular weight is 291 g/mol. The van der Waals surface area contributed by atoms with E-state index in [-0.39, 0.29) is 11.7 Å². The maximum absolute atomic E-state index is 11.9. The normalized spacial score (nSPS) is 20.4. The molecule has 2 rings (SSSR count). The molecule has 1 fully saturated rings. The Balaban J connectivity index is 1.72. The van der Waals surface area contributed by atoms with Crippen molar-refractivity contribution in [1.82, 2.24) is 15.1 Å². The zero-order valence-electron chi connectivity index (χ0n) is 12.9. The Kier molecular flexibility index (Phi) is 5.59. The Bertz CT molecular complexity index is 478. The standard InChI is InChI=1S/C16H25N3O2/c1-18-8-9-19(2)14(12-18)11-17-16(21)7-6-13-4-3-5-15(20)10-13/h3-5,10,14,20H,6-9,11-12H2,1-2H3,(H,17,21)/t14-/m1/s1. The fraction of sp³-hybridized carbons (Fsp3) is 0.562. The first-order chi connectivity index (χ1) is 10.0. The minimum absolute atomic E-state index is 0.0694. The smallest absolute Gasteiger partial charge is 0.220 e. The fourth-order valence-electron chi connectivity index (χ4n) is 2.61. The number of nitrogens with one attached hydrogen (secondary N) is 1. The molecule has 1 heterocycles. The maximum Gasteiger partial charge on any atom is 0.220 e. The van der Waals surface area contributed by atoms with Crippen LogP contribution >= 0.6 is 0 Å². The molecule has 1 amide bonds. The molecule has 0 radical (unpaired) electrons. The Morgan fingerprint density at radius 3 is 2.95 bits per heavy atom. The SMILES string of the molecule is CN1CCN(C)[C@H](CNC(=O)CCc2cccc(O)c2)C1. The summed E-state index contributed by atoms with van der Waals surface area (Å²) in [7, 11) is 4.22. The molecule has 0 bridgehead atoms. The van der Waals surface area contributed by atoms with Gasteiger partial charge in [0.2, 0.25) is 5.91 Å². The Morgan fingerprint density at radius 2 is 2.19 bits per heavy atom. The fourth-order valence-corrected chi connectivity index (χ4v) is 2.61. The highest BCUT2D eigenvalue weighted by Crippen LogP contribution is 2.12. The second kappa shape index (κ2) is 7.43. The van der Waals surface area contributed by atoms with E-state index in [2.05, 4.69) is 29.2 Å². The molecule has 1 aromatic rings. The van der Waals surface area contributed by atoms with Crippen molar-refractivity contribution in [3.8, 4) is 5.75 Å². The van der Waals surface area contributed by atoms with E-state index in [0.717, 1.165) is 25.2 Å². The molecule has 116 valence electrons. The van der Waals surface area contributed by atoms with Gasteiger partial charge < -0.3 is 15.3 Å². The van der Waals surface area contributed by atoms with Crippen LogP contribution in [0.5, 0.6) is 5.75 Å². The number of hydrogen-bond donors (Lipinski definition) is 2. The lowest BCUT2D eigenvalue weighted by Crippen LogP contribution is -2.54. The van der Waals surface area contributed by atoms with Crippen molar-refractivity contribution < 1.29 is 9.90 Å². The third-order valence-electron chi connectivity index (χ3n) is 4.07. The van der Waals surface area contributed by atoms with Gasteiger partial charge in [-0.1, -0.05) is 12.1 Å². The third-order valence-corrected chi connectivity index (χ3v) is 4.07. The number of phenolic OH excluding ortho intramolecular Hbond substituents is 1. The topological polar surface area (TPSA) is 55.8 Å². The van der Waals surface area contributed by atoms with Crippen molar-refractivity contribution in [2.24, 2.45) is 0 Å². The quantitative estimate of drug-likeness (QED) is 0.838. The number of nitrogens with zero attached hydrogens (tertiary/aromatic N) is 2. The summed E-state index contributed by atoms with van der Waals surface area (Å²) in [6, 6.07) is 7.45. The number of rotatable bonds is 5. The molecular weight excluding hydrogens is 266 g/mol. The first-order valence-electron chi connectivity index (χ1n) is 7.48. The molecule has 1 aromatic carbocycles. The molecule has 0 aromatic heterocycles. The van der Waals surface area contributed by atoms with E-state index in [1.54, 1.807) is 18.2 Å². The molecule has 0 saturated carbocycles. The zero-order valence-corrected chi connectivity index (χ0v) is 12.9. The van der Waals surface area contributed by atoms with E-state index in [9.17, 15) is 9.90 Å². The Morgan fingerprint density at radius 1 is 1.38 bits per heavy atom. The first-order valence-corrected chi connectivity index (χ1v) is 7.48. The van der Waals surface area contributed by atoms with Gasteiger partial charge in [-0.15, -0.1) is 0 Å². The summed E-state index contributed by atoms with van der Waals surface area (Å²) < 4.78 is 0. The number of carbonyl (C=O) groups excluding carboxylic acids is 1. The van der Waals surface area contributed by atoms with Gasteiger partial charge in [-0.05, 0) is 38.2 Å². The molecule has 0 aliphatic carbocycles. The second-order valence-electron chi connectivity index (χ2n) is 5.87. The first kappa shape index (κ1) is 15.8. The van der Waals surface area contributed by atoms with Crippen LogP contribution in [0.3, 0.4) is 0 Å². The number of likely N-dealkylation sites (N-methyl/N-ethyl adjacent to an activating group) is 2. The average Bonchev–Trinajstić information content (AvgIpc) is 2.46. The van der Waals surface area contributed by atoms with Gasteiger partial charge in [0.05, 0.1) is 0 Å². The van der Waals surface area contributed by atoms with Crippen molar-refractivity contribution in [3.63, 3.8) is 0 Å². The van der Waals surface area contributed by atoms with Crippen LogP contribution in [0.1, 0.15) is 12.0 Å². The van der Waals surface area contributed by atoms with Crippen LogP contribution in [0.25, 0.3) is 0 Å². The van der Waals surface area contributed by atoms with Crippen LogP contribution in [-0.2, 0) is 11.2 Å². The van der Waals surface area contributed by atoms with Gasteiger partial charge in [-0.25, -0.2) is 0 Å². The number of aryl methyl sites for hydroxylation is 1. The predicted molar refractivity (Wildman–Crippen MR) is 83.4 cm³/mol. The van der Waals surface area contributed by atoms with E-state index in [4.69, 9.17) is 0 Å². The molecule has 1 saturated heterocycles. The summed E-state index contributed by atoms with van der Waals surface area (Å²) >= 11 is 0. The van der Waals surface area contributed by atoms with Crippen LogP contribution in [0, 0.1) is 0 Å². The molecule has 1 aliphatic heterocycles. The van der Waals surface area contributed by atoms with Gasteiger partial charge in [0.25, 0.3) is 0 Å². The highest BCUT2D eigenvalue weighted by atomic mass is 16.3. The molecule has 1 atom stereocenters. The maximum atomic E-state index is 11.9. The largest absolute Gasteiger partial charge is 0.508 e. The van der Waals surface area contributed by atoms with E-state index in [1.807, 2.05) is 6.07 Å². The van der Waals surface area contributed by atoms with Crippen molar-refractivity contribution in [2.45, 2.75) is 18.9 Å². The predicted octanol–water partition coefficient (Wildman–Crippen LogP) is 0.687. The monoisotopic (exact) mass is 291 g/mol. The van der Waals surface area contributed by atoms with Gasteiger partial charge in [-0.2, -0.15) is 0 Å². The number of hydrogen-bond acceptors (Lipinski definition) is 4. The Hall–Kier alpha value is -1.59. The molecule has 21 heavy (non-hydrogen) atoms. The molecule has 5 heteroatoms. The summed E-state index contributed by atoms with van der Waals surface area (Å²) in [4.78, 5) is 16.5. The third kappa shape index (κ3) is 5.02. The minimum Gasteiger partial charge on any atom is -0.508 e. The molecular formula is C16H25N3O2. The summed E-state index contributed by atoms with van der Waals surface area (Å²) in [6.07, 6.45) is 1.11. The van der Waals surface area contributed by atoms with Crippen LogP contribution in [0.2, 0.25) is 0 Å². The molecule has 0 spiro atoms. The lowest BCUT2D eigenvalue weighted by molar-refractivity contribution is -0.121. The van der Waals surface area contributed by atoms with E-state index in [1.165, 1.54) is 0 Å². The van der Waals surface area contributed by atoms with E-state index < -0.39 is 0 Å². The summed E-state index contributed by atoms with van der Waals surface area (Å²) in [5, 5.41) is 12.4. The summed E-state index contributed by atoms with van der Waals surface area (Å²) in [5.74, 6) is 0.319. The van der Waals surface area contributed by atoms with Gasteiger partial charge in [0.1, 0.15) is 5.75 Å². The van der Waals surface area contributed by atoms with Gasteiger partial charge >= 0.3 is 0 Å². The number of piperazine rings is 1. The number of amides is 1. The lowest BCUT2D eigenvalue weighted by Gasteiger charge is -2.37.